The van der Waals surface area contributed by atoms with Gasteiger partial charge in [0.2, 0.25) is 0 Å². The first-order valence-corrected chi connectivity index (χ1v) is 1.96. The molecule has 0 saturated heterocycles. The van der Waals surface area contributed by atoms with Gasteiger partial charge in [0, 0.05) is 0 Å². The summed E-state index contributed by atoms with van der Waals surface area (Å²) in [6.07, 6.45) is 0. The second-order valence-corrected chi connectivity index (χ2v) is 2.23. The van der Waals surface area contributed by atoms with Crippen molar-refractivity contribution in [1.82, 2.24) is 0 Å². The molecule has 0 saturated carbocycles. The minimum absolute atomic E-state index is 0. The first kappa shape index (κ1) is 9.52. The van der Waals surface area contributed by atoms with Gasteiger partial charge in [-0.3, -0.25) is 0 Å². The standard InChI is InChI=1S/CHCl3.H2S/c2-1(3)4;/h1H;1H2. The van der Waals surface area contributed by atoms with Gasteiger partial charge in [-0.1, -0.05) is 34.8 Å². The summed E-state index contributed by atoms with van der Waals surface area (Å²) in [5.41, 5.74) is 0. The third-order valence-corrected chi connectivity index (χ3v) is 0. The average molecular weight is 153 g/mol. The van der Waals surface area contributed by atoms with Crippen LogP contribution in [0.1, 0.15) is 0 Å². The molecule has 0 fully saturated rings. The molecule has 0 radical (unpaired) electrons. The molecule has 0 aromatic heterocycles. The van der Waals surface area contributed by atoms with Gasteiger partial charge in [-0.25, -0.2) is 0 Å². The van der Waals surface area contributed by atoms with Crippen molar-refractivity contribution in [3.63, 3.8) is 0 Å². The molecule has 4 heteroatoms. The minimum atomic E-state index is -0.750. The molecule has 0 aliphatic carbocycles. The molecular formula is CH3Cl3S. The van der Waals surface area contributed by atoms with Gasteiger partial charge in [0.15, 0.2) is 4.30 Å². The fourth-order valence-electron chi connectivity index (χ4n) is 0. The van der Waals surface area contributed by atoms with E-state index < -0.39 is 4.30 Å². The van der Waals surface area contributed by atoms with Crippen LogP contribution in [0.3, 0.4) is 0 Å². The van der Waals surface area contributed by atoms with Gasteiger partial charge in [-0.2, -0.15) is 13.5 Å². The van der Waals surface area contributed by atoms with Crippen LogP contribution in [-0.4, -0.2) is 4.30 Å². The Balaban J connectivity index is 0. The Morgan fingerprint density at radius 1 is 1.00 bits per heavy atom. The molecule has 0 aliphatic heterocycles. The topological polar surface area (TPSA) is 0 Å². The van der Waals surface area contributed by atoms with E-state index in [2.05, 4.69) is 0 Å². The van der Waals surface area contributed by atoms with Crippen LogP contribution in [0.4, 0.5) is 0 Å². The average Bonchev–Trinajstić information content (AvgIpc) is 0.811. The second kappa shape index (κ2) is 5.22. The molecule has 0 N–H and O–H groups in total. The summed E-state index contributed by atoms with van der Waals surface area (Å²) < 4.78 is -0.750. The lowest BCUT2D eigenvalue weighted by molar-refractivity contribution is 1.96. The molecule has 0 heterocycles. The van der Waals surface area contributed by atoms with Crippen LogP contribution in [0.2, 0.25) is 0 Å². The molecular weight excluding hydrogens is 150 g/mol. The van der Waals surface area contributed by atoms with Gasteiger partial charge in [0.25, 0.3) is 0 Å². The molecule has 0 aliphatic rings. The van der Waals surface area contributed by atoms with Crippen molar-refractivity contribution < 1.29 is 0 Å². The van der Waals surface area contributed by atoms with Crippen molar-refractivity contribution in [3.05, 3.63) is 0 Å². The molecule has 34 valence electrons. The van der Waals surface area contributed by atoms with Crippen LogP contribution in [-0.2, 0) is 0 Å². The van der Waals surface area contributed by atoms with Crippen LogP contribution in [0.25, 0.3) is 0 Å². The summed E-state index contributed by atoms with van der Waals surface area (Å²) in [6, 6.07) is 0. The van der Waals surface area contributed by atoms with Gasteiger partial charge >= 0.3 is 0 Å². The van der Waals surface area contributed by atoms with E-state index in [1.54, 1.807) is 0 Å². The maximum Gasteiger partial charge on any atom is 0.180 e. The molecule has 0 unspecified atom stereocenters. The molecule has 0 atom stereocenters. The van der Waals surface area contributed by atoms with Crippen LogP contribution < -0.4 is 0 Å². The highest BCUT2D eigenvalue weighted by Gasteiger charge is 1.78. The summed E-state index contributed by atoms with van der Waals surface area (Å²) in [6.45, 7) is 0. The Labute approximate surface area is 52.8 Å². The van der Waals surface area contributed by atoms with Crippen LogP contribution >= 0.6 is 48.3 Å². The van der Waals surface area contributed by atoms with Gasteiger partial charge in [-0.05, 0) is 0 Å². The highest BCUT2D eigenvalue weighted by atomic mass is 35.6. The fraction of sp³-hybridized carbons (Fsp3) is 1.00. The van der Waals surface area contributed by atoms with Gasteiger partial charge < -0.3 is 0 Å². The third-order valence-electron chi connectivity index (χ3n) is 0. The maximum atomic E-state index is 4.81. The fourth-order valence-corrected chi connectivity index (χ4v) is 0. The van der Waals surface area contributed by atoms with E-state index in [0.717, 1.165) is 0 Å². The molecule has 0 bridgehead atoms. The number of hydrogen-bond donors (Lipinski definition) is 0. The highest BCUT2D eigenvalue weighted by Crippen LogP contribution is 2.03. The Bertz CT molecular complexity index is 11.6. The smallest absolute Gasteiger partial charge is 0.180 e. The van der Waals surface area contributed by atoms with E-state index in [-0.39, 0.29) is 13.5 Å². The van der Waals surface area contributed by atoms with Crippen molar-refractivity contribution in [1.29, 1.82) is 0 Å². The molecule has 0 nitrogen and oxygen atoms in total. The maximum absolute atomic E-state index is 4.81. The monoisotopic (exact) mass is 152 g/mol. The number of rotatable bonds is 0. The number of halogens is 3. The van der Waals surface area contributed by atoms with Crippen molar-refractivity contribution in [2.75, 3.05) is 0 Å². The normalized spacial score (nSPS) is 7.20. The SMILES string of the molecule is ClC(Cl)Cl.S. The number of hydrogen-bond acceptors (Lipinski definition) is 0. The largest absolute Gasteiger partial charge is 0.197 e. The molecule has 0 amide bonds. The van der Waals surface area contributed by atoms with Gasteiger partial charge in [0.05, 0.1) is 0 Å². The molecule has 0 aromatic rings. The molecule has 0 aromatic carbocycles. The Morgan fingerprint density at radius 3 is 1.00 bits per heavy atom. The first-order chi connectivity index (χ1) is 1.73. The minimum Gasteiger partial charge on any atom is -0.197 e. The lowest BCUT2D eigenvalue weighted by Gasteiger charge is -1.69. The lowest BCUT2D eigenvalue weighted by Crippen LogP contribution is -1.55. The predicted molar refractivity (Wildman–Crippen MR) is 31.7 cm³/mol. The number of alkyl halides is 3. The Kier molecular flexibility index (Phi) is 9.94. The van der Waals surface area contributed by atoms with Crippen LogP contribution in [0.5, 0.6) is 0 Å². The first-order valence-electron chi connectivity index (χ1n) is 0.655. The Morgan fingerprint density at radius 2 is 1.00 bits per heavy atom. The zero-order valence-electron chi connectivity index (χ0n) is 2.21. The van der Waals surface area contributed by atoms with Crippen molar-refractivity contribution >= 4 is 48.3 Å². The highest BCUT2D eigenvalue weighted by molar-refractivity contribution is 7.59. The quantitative estimate of drug-likeness (QED) is 0.468. The van der Waals surface area contributed by atoms with E-state index in [1.165, 1.54) is 0 Å². The summed E-state index contributed by atoms with van der Waals surface area (Å²) in [5.74, 6) is 0. The lowest BCUT2D eigenvalue weighted by atomic mass is 11.9. The summed E-state index contributed by atoms with van der Waals surface area (Å²) in [7, 11) is 0. The molecule has 0 spiro atoms. The van der Waals surface area contributed by atoms with Crippen molar-refractivity contribution in [2.45, 2.75) is 4.30 Å². The van der Waals surface area contributed by atoms with E-state index in [4.69, 9.17) is 34.8 Å². The summed E-state index contributed by atoms with van der Waals surface area (Å²) >= 11 is 14.4. The van der Waals surface area contributed by atoms with E-state index >= 15 is 0 Å². The van der Waals surface area contributed by atoms with Gasteiger partial charge in [0.1, 0.15) is 0 Å². The summed E-state index contributed by atoms with van der Waals surface area (Å²) in [5, 5.41) is 0. The predicted octanol–water partition coefficient (Wildman–Crippen LogP) is 2.10. The summed E-state index contributed by atoms with van der Waals surface area (Å²) in [4.78, 5) is 0. The van der Waals surface area contributed by atoms with Crippen LogP contribution in [0.15, 0.2) is 0 Å². The van der Waals surface area contributed by atoms with Crippen molar-refractivity contribution in [3.8, 4) is 0 Å². The third kappa shape index (κ3) is 36.4. The van der Waals surface area contributed by atoms with E-state index in [1.807, 2.05) is 0 Å². The van der Waals surface area contributed by atoms with Crippen molar-refractivity contribution in [2.24, 2.45) is 0 Å². The second-order valence-electron chi connectivity index (χ2n) is 0.247. The Hall–Kier alpha value is 1.22. The van der Waals surface area contributed by atoms with Crippen LogP contribution in [0, 0.1) is 0 Å². The zero-order chi connectivity index (χ0) is 3.58. The van der Waals surface area contributed by atoms with E-state index in [9.17, 15) is 0 Å². The van der Waals surface area contributed by atoms with E-state index in [0.29, 0.717) is 0 Å². The molecule has 5 heavy (non-hydrogen) atoms. The van der Waals surface area contributed by atoms with Gasteiger partial charge in [-0.15, -0.1) is 0 Å². The zero-order valence-corrected chi connectivity index (χ0v) is 5.48. The molecule has 0 rings (SSSR count).